The highest BCUT2D eigenvalue weighted by atomic mass is 32.2. The molecular formula is C25H20F3N3O3S. The van der Waals surface area contributed by atoms with E-state index in [-0.39, 0.29) is 18.7 Å². The molecule has 180 valence electrons. The van der Waals surface area contributed by atoms with Crippen LogP contribution in [0.3, 0.4) is 0 Å². The number of hydrogen-bond acceptors (Lipinski definition) is 4. The van der Waals surface area contributed by atoms with Crippen molar-refractivity contribution in [2.75, 3.05) is 29.6 Å². The maximum atomic E-state index is 14.4. The van der Waals surface area contributed by atoms with Crippen LogP contribution in [0.15, 0.2) is 60.7 Å². The third-order valence-electron chi connectivity index (χ3n) is 6.09. The fourth-order valence-corrected chi connectivity index (χ4v) is 5.88. The molecule has 0 bridgehead atoms. The normalized spacial score (nSPS) is 18.8. The Bertz CT molecular complexity index is 1320. The molecule has 0 radical (unpaired) electrons. The van der Waals surface area contributed by atoms with Gasteiger partial charge in [0.2, 0.25) is 0 Å². The van der Waals surface area contributed by atoms with Crippen LogP contribution in [0, 0.1) is 17.5 Å². The Morgan fingerprint density at radius 1 is 1.06 bits per heavy atom. The lowest BCUT2D eigenvalue weighted by Gasteiger charge is -2.33. The zero-order chi connectivity index (χ0) is 24.7. The molecule has 0 unspecified atom stereocenters. The number of benzene rings is 3. The smallest absolute Gasteiger partial charge is 0.323 e. The van der Waals surface area contributed by atoms with Crippen molar-refractivity contribution in [1.82, 2.24) is 4.90 Å². The minimum Gasteiger partial charge on any atom is -0.497 e. The molecule has 1 fully saturated rings. The second-order valence-corrected chi connectivity index (χ2v) is 9.38. The summed E-state index contributed by atoms with van der Waals surface area (Å²) in [5.41, 5.74) is 1.29. The molecule has 6 nitrogen and oxygen atoms in total. The van der Waals surface area contributed by atoms with Gasteiger partial charge in [-0.3, -0.25) is 9.69 Å². The lowest BCUT2D eigenvalue weighted by molar-refractivity contribution is -0.123. The van der Waals surface area contributed by atoms with Crippen molar-refractivity contribution in [2.24, 2.45) is 0 Å². The fourth-order valence-electron chi connectivity index (χ4n) is 4.43. The molecule has 1 saturated heterocycles. The maximum Gasteiger partial charge on any atom is 0.323 e. The number of urea groups is 1. The van der Waals surface area contributed by atoms with Crippen molar-refractivity contribution in [3.63, 3.8) is 0 Å². The molecule has 3 amide bonds. The summed E-state index contributed by atoms with van der Waals surface area (Å²) in [7, 11) is 1.53. The Hall–Kier alpha value is -3.66. The molecule has 0 saturated carbocycles. The molecule has 2 aliphatic heterocycles. The summed E-state index contributed by atoms with van der Waals surface area (Å²) in [5.74, 6) is -1.52. The van der Waals surface area contributed by atoms with Crippen molar-refractivity contribution in [3.05, 3.63) is 89.2 Å². The Morgan fingerprint density at radius 3 is 2.49 bits per heavy atom. The highest BCUT2D eigenvalue weighted by Crippen LogP contribution is 2.54. The number of thioether (sulfide) groups is 1. The molecule has 1 spiro atoms. The quantitative estimate of drug-likeness (QED) is 0.543. The number of carbonyl (C=O) groups is 2. The molecule has 1 atom stereocenters. The van der Waals surface area contributed by atoms with Crippen LogP contribution in [0.1, 0.15) is 11.1 Å². The lowest BCUT2D eigenvalue weighted by atomic mass is 10.1. The van der Waals surface area contributed by atoms with Crippen molar-refractivity contribution < 1.29 is 27.5 Å². The number of fused-ring (bicyclic) bond motifs is 2. The summed E-state index contributed by atoms with van der Waals surface area (Å²) < 4.78 is 47.3. The van der Waals surface area contributed by atoms with Crippen molar-refractivity contribution >= 4 is 35.1 Å². The first-order valence-corrected chi connectivity index (χ1v) is 11.7. The molecule has 0 aromatic heterocycles. The van der Waals surface area contributed by atoms with Crippen LogP contribution in [0.25, 0.3) is 0 Å². The fraction of sp³-hybridized carbons (Fsp3) is 0.200. The molecule has 2 heterocycles. The van der Waals surface area contributed by atoms with E-state index in [0.29, 0.717) is 28.4 Å². The molecule has 3 aromatic rings. The number of anilines is 2. The zero-order valence-electron chi connectivity index (χ0n) is 18.6. The number of carbonyl (C=O) groups excluding carboxylic acids is 2. The molecule has 5 rings (SSSR count). The Kier molecular flexibility index (Phi) is 5.84. The van der Waals surface area contributed by atoms with E-state index in [1.54, 1.807) is 24.3 Å². The van der Waals surface area contributed by atoms with Gasteiger partial charge in [-0.15, -0.1) is 11.8 Å². The second-order valence-electron chi connectivity index (χ2n) is 8.09. The average molecular weight is 500 g/mol. The van der Waals surface area contributed by atoms with Gasteiger partial charge in [0.05, 0.1) is 19.3 Å². The van der Waals surface area contributed by atoms with Crippen molar-refractivity contribution in [3.8, 4) is 5.75 Å². The van der Waals surface area contributed by atoms with E-state index in [2.05, 4.69) is 5.32 Å². The van der Waals surface area contributed by atoms with Gasteiger partial charge in [0.15, 0.2) is 4.87 Å². The average Bonchev–Trinajstić information content (AvgIpc) is 3.38. The monoisotopic (exact) mass is 499 g/mol. The zero-order valence-corrected chi connectivity index (χ0v) is 19.4. The minimum absolute atomic E-state index is 0.101. The summed E-state index contributed by atoms with van der Waals surface area (Å²) in [6.07, 6.45) is 0. The van der Waals surface area contributed by atoms with Gasteiger partial charge in [0, 0.05) is 35.2 Å². The lowest BCUT2D eigenvalue weighted by Crippen LogP contribution is -2.51. The number of methoxy groups -OCH3 is 1. The molecule has 1 N–H and O–H groups in total. The van der Waals surface area contributed by atoms with E-state index in [0.717, 1.165) is 12.1 Å². The minimum atomic E-state index is -1.51. The van der Waals surface area contributed by atoms with Crippen LogP contribution in [0.4, 0.5) is 29.3 Å². The van der Waals surface area contributed by atoms with Crippen LogP contribution in [0.5, 0.6) is 5.75 Å². The van der Waals surface area contributed by atoms with E-state index in [4.69, 9.17) is 4.74 Å². The van der Waals surface area contributed by atoms with Gasteiger partial charge in [-0.2, -0.15) is 0 Å². The van der Waals surface area contributed by atoms with Gasteiger partial charge in [-0.1, -0.05) is 6.07 Å². The van der Waals surface area contributed by atoms with E-state index in [1.807, 2.05) is 0 Å². The maximum absolute atomic E-state index is 14.4. The molecule has 10 heteroatoms. The SMILES string of the molecule is COc1ccc(NC(=O)N2CCS[C@]23C(=O)N(Cc2ccc(F)cc2F)c2ccc(F)cc23)cc1. The predicted molar refractivity (Wildman–Crippen MR) is 127 cm³/mol. The van der Waals surface area contributed by atoms with E-state index >= 15 is 0 Å². The van der Waals surface area contributed by atoms with Crippen LogP contribution in [-0.4, -0.2) is 36.2 Å². The van der Waals surface area contributed by atoms with Crippen LogP contribution in [-0.2, 0) is 16.2 Å². The van der Waals surface area contributed by atoms with Crippen LogP contribution < -0.4 is 15.0 Å². The molecule has 35 heavy (non-hydrogen) atoms. The molecule has 0 aliphatic carbocycles. The van der Waals surface area contributed by atoms with Crippen molar-refractivity contribution in [2.45, 2.75) is 11.4 Å². The van der Waals surface area contributed by atoms with Gasteiger partial charge in [-0.05, 0) is 48.5 Å². The summed E-state index contributed by atoms with van der Waals surface area (Å²) >= 11 is 1.22. The largest absolute Gasteiger partial charge is 0.497 e. The van der Waals surface area contributed by atoms with Crippen LogP contribution in [0.2, 0.25) is 0 Å². The number of nitrogens with one attached hydrogen (secondary N) is 1. The number of nitrogens with zero attached hydrogens (tertiary/aromatic N) is 2. The number of amides is 3. The third kappa shape index (κ3) is 3.87. The summed E-state index contributed by atoms with van der Waals surface area (Å²) in [5, 5.41) is 2.78. The van der Waals surface area contributed by atoms with Crippen molar-refractivity contribution in [1.29, 1.82) is 0 Å². The topological polar surface area (TPSA) is 61.9 Å². The Morgan fingerprint density at radius 2 is 1.77 bits per heavy atom. The Labute approximate surface area is 203 Å². The first-order valence-electron chi connectivity index (χ1n) is 10.8. The van der Waals surface area contributed by atoms with Gasteiger partial charge in [0.1, 0.15) is 23.2 Å². The van der Waals surface area contributed by atoms with E-state index in [9.17, 15) is 22.8 Å². The van der Waals surface area contributed by atoms with Gasteiger partial charge >= 0.3 is 6.03 Å². The van der Waals surface area contributed by atoms with Gasteiger partial charge in [-0.25, -0.2) is 18.0 Å². The van der Waals surface area contributed by atoms with E-state index in [1.165, 1.54) is 52.9 Å². The Balaban J connectivity index is 1.51. The molecule has 2 aliphatic rings. The summed E-state index contributed by atoms with van der Waals surface area (Å²) in [4.78, 5) is 28.4. The highest BCUT2D eigenvalue weighted by Gasteiger charge is 2.59. The van der Waals surface area contributed by atoms with Crippen LogP contribution >= 0.6 is 11.8 Å². The predicted octanol–water partition coefficient (Wildman–Crippen LogP) is 5.09. The number of ether oxygens (including phenoxy) is 1. The molecular weight excluding hydrogens is 479 g/mol. The standard InChI is InChI=1S/C25H20F3N3O3S/c1-34-19-7-5-18(6-8-19)29-24(33)31-10-11-35-25(31)20-12-16(26)4-9-22(20)30(23(25)32)14-15-2-3-17(27)13-21(15)28/h2-9,12-13H,10-11,14H2,1H3,(H,29,33)/t25-/m1/s1. The number of hydrogen-bond donors (Lipinski definition) is 1. The number of halogens is 3. The van der Waals surface area contributed by atoms with E-state index < -0.39 is 34.3 Å². The number of rotatable bonds is 4. The summed E-state index contributed by atoms with van der Waals surface area (Å²) in [6, 6.07) is 13.2. The first-order chi connectivity index (χ1) is 16.8. The third-order valence-corrected chi connectivity index (χ3v) is 7.50. The summed E-state index contributed by atoms with van der Waals surface area (Å²) in [6.45, 7) is 0.0485. The van der Waals surface area contributed by atoms with Gasteiger partial charge < -0.3 is 15.0 Å². The molecule has 3 aromatic carbocycles. The van der Waals surface area contributed by atoms with Gasteiger partial charge in [0.25, 0.3) is 5.91 Å². The second kappa shape index (κ2) is 8.84. The highest BCUT2D eigenvalue weighted by molar-refractivity contribution is 8.01. The first kappa shape index (κ1) is 23.1.